The van der Waals surface area contributed by atoms with E-state index in [9.17, 15) is 4.39 Å². The van der Waals surface area contributed by atoms with Crippen LogP contribution in [0.25, 0.3) is 0 Å². The maximum atomic E-state index is 13.9. The van der Waals surface area contributed by atoms with Crippen LogP contribution in [-0.4, -0.2) is 7.05 Å². The van der Waals surface area contributed by atoms with E-state index in [1.54, 1.807) is 6.07 Å². The van der Waals surface area contributed by atoms with E-state index in [-0.39, 0.29) is 11.9 Å². The van der Waals surface area contributed by atoms with Crippen LogP contribution in [0.1, 0.15) is 34.7 Å². The Morgan fingerprint density at radius 2 is 1.90 bits per heavy atom. The molecule has 0 fully saturated rings. The molecule has 2 heteroatoms. The Labute approximate surface area is 119 Å². The van der Waals surface area contributed by atoms with Crippen LogP contribution in [0.15, 0.2) is 42.5 Å². The van der Waals surface area contributed by atoms with Gasteiger partial charge >= 0.3 is 0 Å². The summed E-state index contributed by atoms with van der Waals surface area (Å²) in [5, 5.41) is 3.24. The van der Waals surface area contributed by atoms with Crippen molar-refractivity contribution in [1.29, 1.82) is 0 Å². The highest BCUT2D eigenvalue weighted by molar-refractivity contribution is 5.36. The highest BCUT2D eigenvalue weighted by Crippen LogP contribution is 2.26. The first-order chi connectivity index (χ1) is 9.78. The molecule has 0 aromatic heterocycles. The molecule has 1 aliphatic carbocycles. The monoisotopic (exact) mass is 269 g/mol. The van der Waals surface area contributed by atoms with Crippen molar-refractivity contribution in [2.75, 3.05) is 7.05 Å². The third-order valence-electron chi connectivity index (χ3n) is 4.23. The Morgan fingerprint density at radius 3 is 2.70 bits per heavy atom. The fourth-order valence-corrected chi connectivity index (χ4v) is 3.11. The zero-order chi connectivity index (χ0) is 13.9. The number of fused-ring (bicyclic) bond motifs is 1. The fraction of sp³-hybridized carbons (Fsp3) is 0.333. The fourth-order valence-electron chi connectivity index (χ4n) is 3.11. The second-order valence-corrected chi connectivity index (χ2v) is 5.52. The summed E-state index contributed by atoms with van der Waals surface area (Å²) in [4.78, 5) is 0. The third-order valence-corrected chi connectivity index (χ3v) is 4.23. The molecule has 1 atom stereocenters. The van der Waals surface area contributed by atoms with Crippen molar-refractivity contribution in [3.05, 3.63) is 70.5 Å². The van der Waals surface area contributed by atoms with Crippen LogP contribution in [0.3, 0.4) is 0 Å². The lowest BCUT2D eigenvalue weighted by atomic mass is 9.96. The lowest BCUT2D eigenvalue weighted by Gasteiger charge is -2.18. The first-order valence-corrected chi connectivity index (χ1v) is 7.30. The highest BCUT2D eigenvalue weighted by Gasteiger charge is 2.16. The van der Waals surface area contributed by atoms with Gasteiger partial charge in [0, 0.05) is 11.6 Å². The normalized spacial score (nSPS) is 15.1. The molecule has 2 aromatic rings. The Bertz CT molecular complexity index is 606. The predicted octanol–water partition coefficient (Wildman–Crippen LogP) is 3.82. The summed E-state index contributed by atoms with van der Waals surface area (Å²) in [5.41, 5.74) is 5.00. The van der Waals surface area contributed by atoms with Crippen LogP contribution in [0.2, 0.25) is 0 Å². The number of hydrogen-bond donors (Lipinski definition) is 1. The van der Waals surface area contributed by atoms with Crippen LogP contribution in [-0.2, 0) is 19.3 Å². The SMILES string of the molecule is CNC(Cc1ccc2c(c1)CCC2)c1ccccc1F. The Balaban J connectivity index is 1.83. The minimum absolute atomic E-state index is 0.0238. The Morgan fingerprint density at radius 1 is 1.10 bits per heavy atom. The van der Waals surface area contributed by atoms with E-state index >= 15 is 0 Å². The number of hydrogen-bond acceptors (Lipinski definition) is 1. The first-order valence-electron chi connectivity index (χ1n) is 7.30. The van der Waals surface area contributed by atoms with Crippen LogP contribution >= 0.6 is 0 Å². The zero-order valence-corrected chi connectivity index (χ0v) is 11.8. The average Bonchev–Trinajstić information content (AvgIpc) is 2.93. The number of benzene rings is 2. The first kappa shape index (κ1) is 13.3. The van der Waals surface area contributed by atoms with Gasteiger partial charge < -0.3 is 5.32 Å². The number of halogens is 1. The predicted molar refractivity (Wildman–Crippen MR) is 80.4 cm³/mol. The average molecular weight is 269 g/mol. The lowest BCUT2D eigenvalue weighted by Crippen LogP contribution is -2.20. The Hall–Kier alpha value is -1.67. The zero-order valence-electron chi connectivity index (χ0n) is 11.8. The standard InChI is InChI=1S/C18H20FN/c1-20-18(16-7-2-3-8-17(16)19)12-13-9-10-14-5-4-6-15(14)11-13/h2-3,7-11,18,20H,4-6,12H2,1H3. The van der Waals surface area contributed by atoms with Gasteiger partial charge in [-0.15, -0.1) is 0 Å². The van der Waals surface area contributed by atoms with E-state index in [4.69, 9.17) is 0 Å². The van der Waals surface area contributed by atoms with Gasteiger partial charge in [0.2, 0.25) is 0 Å². The number of rotatable bonds is 4. The summed E-state index contributed by atoms with van der Waals surface area (Å²) in [6, 6.07) is 13.8. The van der Waals surface area contributed by atoms with Crippen molar-refractivity contribution < 1.29 is 4.39 Å². The summed E-state index contributed by atoms with van der Waals surface area (Å²) in [7, 11) is 1.89. The van der Waals surface area contributed by atoms with Gasteiger partial charge in [0.1, 0.15) is 5.82 Å². The number of aryl methyl sites for hydroxylation is 2. The van der Waals surface area contributed by atoms with Crippen molar-refractivity contribution in [2.45, 2.75) is 31.7 Å². The molecule has 2 aromatic carbocycles. The topological polar surface area (TPSA) is 12.0 Å². The van der Waals surface area contributed by atoms with E-state index in [2.05, 4.69) is 23.5 Å². The van der Waals surface area contributed by atoms with Crippen LogP contribution in [0, 0.1) is 5.82 Å². The molecule has 0 bridgehead atoms. The molecule has 0 aliphatic heterocycles. The van der Waals surface area contributed by atoms with Gasteiger partial charge in [-0.05, 0) is 55.5 Å². The highest BCUT2D eigenvalue weighted by atomic mass is 19.1. The molecular formula is C18H20FN. The van der Waals surface area contributed by atoms with Gasteiger partial charge in [-0.1, -0.05) is 36.4 Å². The molecule has 1 N–H and O–H groups in total. The van der Waals surface area contributed by atoms with Crippen LogP contribution in [0.5, 0.6) is 0 Å². The molecule has 0 heterocycles. The summed E-state index contributed by atoms with van der Waals surface area (Å²) < 4.78 is 13.9. The summed E-state index contributed by atoms with van der Waals surface area (Å²) in [5.74, 6) is -0.131. The molecule has 1 nitrogen and oxygen atoms in total. The van der Waals surface area contributed by atoms with Gasteiger partial charge in [-0.3, -0.25) is 0 Å². The van der Waals surface area contributed by atoms with Gasteiger partial charge in [-0.25, -0.2) is 4.39 Å². The minimum Gasteiger partial charge on any atom is -0.313 e. The molecule has 0 amide bonds. The maximum Gasteiger partial charge on any atom is 0.127 e. The molecule has 0 spiro atoms. The van der Waals surface area contributed by atoms with Crippen molar-refractivity contribution in [3.8, 4) is 0 Å². The van der Waals surface area contributed by atoms with Crippen LogP contribution < -0.4 is 5.32 Å². The van der Waals surface area contributed by atoms with Crippen molar-refractivity contribution >= 4 is 0 Å². The number of likely N-dealkylation sites (N-methyl/N-ethyl adjacent to an activating group) is 1. The van der Waals surface area contributed by atoms with Crippen molar-refractivity contribution in [1.82, 2.24) is 5.32 Å². The molecule has 1 unspecified atom stereocenters. The molecule has 0 saturated carbocycles. The maximum absolute atomic E-state index is 13.9. The van der Waals surface area contributed by atoms with Gasteiger partial charge in [0.15, 0.2) is 0 Å². The van der Waals surface area contributed by atoms with Crippen molar-refractivity contribution in [2.24, 2.45) is 0 Å². The Kier molecular flexibility index (Phi) is 3.83. The molecular weight excluding hydrogens is 249 g/mol. The second-order valence-electron chi connectivity index (χ2n) is 5.52. The minimum atomic E-state index is -0.131. The third kappa shape index (κ3) is 2.61. The quantitative estimate of drug-likeness (QED) is 0.889. The van der Waals surface area contributed by atoms with E-state index in [0.717, 1.165) is 12.0 Å². The molecule has 20 heavy (non-hydrogen) atoms. The van der Waals surface area contributed by atoms with E-state index in [0.29, 0.717) is 0 Å². The molecule has 104 valence electrons. The summed E-state index contributed by atoms with van der Waals surface area (Å²) >= 11 is 0. The van der Waals surface area contributed by atoms with E-state index < -0.39 is 0 Å². The van der Waals surface area contributed by atoms with E-state index in [1.165, 1.54) is 42.0 Å². The smallest absolute Gasteiger partial charge is 0.127 e. The summed E-state index contributed by atoms with van der Waals surface area (Å²) in [6.45, 7) is 0. The lowest BCUT2D eigenvalue weighted by molar-refractivity contribution is 0.534. The molecule has 3 rings (SSSR count). The van der Waals surface area contributed by atoms with Gasteiger partial charge in [0.25, 0.3) is 0 Å². The largest absolute Gasteiger partial charge is 0.313 e. The second kappa shape index (κ2) is 5.76. The van der Waals surface area contributed by atoms with E-state index in [1.807, 2.05) is 19.2 Å². The van der Waals surface area contributed by atoms with Crippen LogP contribution in [0.4, 0.5) is 4.39 Å². The molecule has 1 aliphatic rings. The number of nitrogens with one attached hydrogen (secondary N) is 1. The molecule has 0 radical (unpaired) electrons. The molecule has 0 saturated heterocycles. The van der Waals surface area contributed by atoms with Gasteiger partial charge in [0.05, 0.1) is 0 Å². The van der Waals surface area contributed by atoms with Crippen molar-refractivity contribution in [3.63, 3.8) is 0 Å². The summed E-state index contributed by atoms with van der Waals surface area (Å²) in [6.07, 6.45) is 4.48. The van der Waals surface area contributed by atoms with Gasteiger partial charge in [-0.2, -0.15) is 0 Å².